The first-order valence-corrected chi connectivity index (χ1v) is 10.7. The first kappa shape index (κ1) is 21.6. The van der Waals surface area contributed by atoms with Crippen LogP contribution in [0.5, 0.6) is 0 Å². The molecule has 0 bridgehead atoms. The number of aryl methyl sites for hydroxylation is 1. The highest BCUT2D eigenvalue weighted by molar-refractivity contribution is 5.98. The number of aliphatic hydroxyl groups is 3. The number of hydrogen-bond acceptors (Lipinski definition) is 4. The van der Waals surface area contributed by atoms with Crippen LogP contribution in [0.2, 0.25) is 0 Å². The van der Waals surface area contributed by atoms with Gasteiger partial charge in [-0.3, -0.25) is 4.98 Å². The van der Waals surface area contributed by atoms with Gasteiger partial charge in [0.15, 0.2) is 0 Å². The van der Waals surface area contributed by atoms with Crippen molar-refractivity contribution in [3.8, 4) is 11.1 Å². The van der Waals surface area contributed by atoms with Gasteiger partial charge in [-0.15, -0.1) is 6.58 Å². The minimum Gasteiger partial charge on any atom is -0.393 e. The van der Waals surface area contributed by atoms with Gasteiger partial charge in [-0.05, 0) is 48.6 Å². The van der Waals surface area contributed by atoms with Gasteiger partial charge in [-0.1, -0.05) is 36.4 Å². The smallest absolute Gasteiger partial charge is 0.123 e. The first-order chi connectivity index (χ1) is 14.9. The number of aromatic nitrogens is 1. The van der Waals surface area contributed by atoms with Gasteiger partial charge in [0.1, 0.15) is 5.82 Å². The van der Waals surface area contributed by atoms with Crippen molar-refractivity contribution in [1.82, 2.24) is 4.98 Å². The summed E-state index contributed by atoms with van der Waals surface area (Å²) >= 11 is 0. The fraction of sp³-hybridized carbons (Fsp3) is 0.346. The molecule has 5 heteroatoms. The molecule has 31 heavy (non-hydrogen) atoms. The lowest BCUT2D eigenvalue weighted by molar-refractivity contribution is 0.0509. The lowest BCUT2D eigenvalue weighted by Crippen LogP contribution is -2.20. The molecule has 0 radical (unpaired) electrons. The highest BCUT2D eigenvalue weighted by atomic mass is 19.1. The Labute approximate surface area is 181 Å². The second-order valence-corrected chi connectivity index (χ2v) is 8.48. The third-order valence-electron chi connectivity index (χ3n) is 6.00. The van der Waals surface area contributed by atoms with E-state index in [0.717, 1.165) is 46.1 Å². The highest BCUT2D eigenvalue weighted by Gasteiger charge is 2.33. The van der Waals surface area contributed by atoms with Gasteiger partial charge in [0.25, 0.3) is 0 Å². The molecule has 4 rings (SSSR count). The van der Waals surface area contributed by atoms with E-state index in [1.165, 1.54) is 18.2 Å². The quantitative estimate of drug-likeness (QED) is 0.450. The first-order valence-electron chi connectivity index (χ1n) is 10.7. The summed E-state index contributed by atoms with van der Waals surface area (Å²) in [6.45, 7) is 5.55. The molecule has 0 amide bonds. The number of halogens is 1. The summed E-state index contributed by atoms with van der Waals surface area (Å²) in [6.07, 6.45) is 0.845. The van der Waals surface area contributed by atoms with Crippen LogP contribution in [0.3, 0.4) is 0 Å². The number of nitrogens with zero attached hydrogens (tertiary/aromatic N) is 1. The number of hydrogen-bond donors (Lipinski definition) is 3. The molecular weight excluding hydrogens is 393 g/mol. The molecule has 4 nitrogen and oxygen atoms in total. The zero-order chi connectivity index (χ0) is 22.1. The second-order valence-electron chi connectivity index (χ2n) is 8.48. The van der Waals surface area contributed by atoms with Crippen molar-refractivity contribution in [1.29, 1.82) is 0 Å². The second kappa shape index (κ2) is 8.87. The Kier molecular flexibility index (Phi) is 6.19. The third-order valence-corrected chi connectivity index (χ3v) is 6.00. The molecule has 1 aliphatic rings. The Morgan fingerprint density at radius 3 is 2.45 bits per heavy atom. The SMILES string of the molecule is C=CC(O)CC(O)CC(O)c1c(C2CC2)nc2c(C)cccc2c1-c1ccc(F)cc1. The lowest BCUT2D eigenvalue weighted by atomic mass is 9.87. The summed E-state index contributed by atoms with van der Waals surface area (Å²) in [5.41, 5.74) is 5.10. The Balaban J connectivity index is 1.89. The minimum atomic E-state index is -0.972. The Morgan fingerprint density at radius 2 is 1.81 bits per heavy atom. The fourth-order valence-electron chi connectivity index (χ4n) is 4.24. The minimum absolute atomic E-state index is 0.0673. The Hall–Kier alpha value is -2.60. The average molecular weight is 422 g/mol. The molecule has 3 N–H and O–H groups in total. The molecule has 3 unspecified atom stereocenters. The van der Waals surface area contributed by atoms with E-state index in [-0.39, 0.29) is 24.6 Å². The standard InChI is InChI=1S/C26H28FNO3/c1-3-19(29)13-20(30)14-22(31)24-23(16-9-11-18(27)12-10-16)21-6-4-5-15(2)25(21)28-26(24)17-7-8-17/h3-6,9-12,17,19-20,22,29-31H,1,7-8,13-14H2,2H3. The van der Waals surface area contributed by atoms with E-state index >= 15 is 0 Å². The summed E-state index contributed by atoms with van der Waals surface area (Å²) in [7, 11) is 0. The molecule has 0 saturated heterocycles. The van der Waals surface area contributed by atoms with Crippen LogP contribution < -0.4 is 0 Å². The topological polar surface area (TPSA) is 73.6 Å². The van der Waals surface area contributed by atoms with Gasteiger partial charge < -0.3 is 15.3 Å². The zero-order valence-corrected chi connectivity index (χ0v) is 17.6. The van der Waals surface area contributed by atoms with Gasteiger partial charge in [0, 0.05) is 29.7 Å². The van der Waals surface area contributed by atoms with Crippen molar-refractivity contribution in [3.63, 3.8) is 0 Å². The largest absolute Gasteiger partial charge is 0.393 e. The summed E-state index contributed by atoms with van der Waals surface area (Å²) in [5.74, 6) is -0.0552. The van der Waals surface area contributed by atoms with Crippen molar-refractivity contribution in [2.24, 2.45) is 0 Å². The number of aliphatic hydroxyl groups excluding tert-OH is 3. The normalized spacial score (nSPS) is 16.8. The van der Waals surface area contributed by atoms with E-state index < -0.39 is 18.3 Å². The number of pyridine rings is 1. The molecule has 1 fully saturated rings. The van der Waals surface area contributed by atoms with Gasteiger partial charge in [0.2, 0.25) is 0 Å². The van der Waals surface area contributed by atoms with E-state index in [4.69, 9.17) is 4.98 Å². The van der Waals surface area contributed by atoms with E-state index in [1.54, 1.807) is 12.1 Å². The van der Waals surface area contributed by atoms with Gasteiger partial charge in [0.05, 0.1) is 29.5 Å². The van der Waals surface area contributed by atoms with Crippen LogP contribution in [-0.2, 0) is 0 Å². The number of benzene rings is 2. The van der Waals surface area contributed by atoms with Crippen LogP contribution in [0.25, 0.3) is 22.0 Å². The molecule has 2 aromatic carbocycles. The molecule has 1 heterocycles. The van der Waals surface area contributed by atoms with Crippen molar-refractivity contribution in [3.05, 3.63) is 77.8 Å². The molecule has 3 aromatic rings. The van der Waals surface area contributed by atoms with Crippen LogP contribution in [0.15, 0.2) is 55.1 Å². The van der Waals surface area contributed by atoms with E-state index in [9.17, 15) is 19.7 Å². The predicted molar refractivity (Wildman–Crippen MR) is 120 cm³/mol. The monoisotopic (exact) mass is 421 g/mol. The van der Waals surface area contributed by atoms with E-state index in [1.807, 2.05) is 25.1 Å². The summed E-state index contributed by atoms with van der Waals surface area (Å²) in [4.78, 5) is 4.96. The molecule has 0 aliphatic heterocycles. The average Bonchev–Trinajstić information content (AvgIpc) is 3.58. The Morgan fingerprint density at radius 1 is 1.10 bits per heavy atom. The summed E-state index contributed by atoms with van der Waals surface area (Å²) in [5, 5.41) is 32.4. The van der Waals surface area contributed by atoms with Crippen molar-refractivity contribution >= 4 is 10.9 Å². The van der Waals surface area contributed by atoms with Crippen LogP contribution in [0, 0.1) is 12.7 Å². The number of para-hydroxylation sites is 1. The lowest BCUT2D eigenvalue weighted by Gasteiger charge is -2.24. The molecule has 1 aliphatic carbocycles. The van der Waals surface area contributed by atoms with E-state index in [0.29, 0.717) is 5.56 Å². The maximum absolute atomic E-state index is 13.7. The molecule has 162 valence electrons. The molecular formula is C26H28FNO3. The summed E-state index contributed by atoms with van der Waals surface area (Å²) in [6, 6.07) is 12.2. The summed E-state index contributed by atoms with van der Waals surface area (Å²) < 4.78 is 13.7. The third kappa shape index (κ3) is 4.54. The van der Waals surface area contributed by atoms with Gasteiger partial charge in [-0.2, -0.15) is 0 Å². The molecule has 1 saturated carbocycles. The van der Waals surface area contributed by atoms with E-state index in [2.05, 4.69) is 6.58 Å². The predicted octanol–water partition coefficient (Wildman–Crippen LogP) is 4.95. The van der Waals surface area contributed by atoms with Crippen molar-refractivity contribution in [2.75, 3.05) is 0 Å². The number of fused-ring (bicyclic) bond motifs is 1. The fourth-order valence-corrected chi connectivity index (χ4v) is 4.24. The maximum Gasteiger partial charge on any atom is 0.123 e. The van der Waals surface area contributed by atoms with Gasteiger partial charge >= 0.3 is 0 Å². The number of rotatable bonds is 8. The van der Waals surface area contributed by atoms with Crippen LogP contribution >= 0.6 is 0 Å². The highest BCUT2D eigenvalue weighted by Crippen LogP contribution is 2.47. The van der Waals surface area contributed by atoms with Crippen molar-refractivity contribution in [2.45, 2.75) is 56.8 Å². The molecule has 3 atom stereocenters. The molecule has 0 spiro atoms. The molecule has 1 aromatic heterocycles. The Bertz CT molecular complexity index is 1090. The van der Waals surface area contributed by atoms with Gasteiger partial charge in [-0.25, -0.2) is 4.39 Å². The van der Waals surface area contributed by atoms with Crippen LogP contribution in [0.1, 0.15) is 54.5 Å². The van der Waals surface area contributed by atoms with Crippen LogP contribution in [0.4, 0.5) is 4.39 Å². The zero-order valence-electron chi connectivity index (χ0n) is 17.6. The van der Waals surface area contributed by atoms with Crippen molar-refractivity contribution < 1.29 is 19.7 Å². The van der Waals surface area contributed by atoms with Crippen LogP contribution in [-0.4, -0.2) is 32.5 Å². The maximum atomic E-state index is 13.7.